The van der Waals surface area contributed by atoms with E-state index in [2.05, 4.69) is 20.1 Å². The van der Waals surface area contributed by atoms with Crippen molar-refractivity contribution in [3.8, 4) is 0 Å². The molecule has 9 heteroatoms. The summed E-state index contributed by atoms with van der Waals surface area (Å²) < 4.78 is 0. The van der Waals surface area contributed by atoms with Gasteiger partial charge in [-0.25, -0.2) is 11.6 Å². The van der Waals surface area contributed by atoms with Gasteiger partial charge in [-0.15, -0.1) is 0 Å². The van der Waals surface area contributed by atoms with Gasteiger partial charge in [0, 0.05) is 31.7 Å². The quantitative estimate of drug-likeness (QED) is 0.711. The summed E-state index contributed by atoms with van der Waals surface area (Å²) in [6.07, 6.45) is 4.11. The molecule has 0 bridgehead atoms. The number of anilines is 1. The van der Waals surface area contributed by atoms with Gasteiger partial charge in [-0.1, -0.05) is 32.0 Å². The minimum absolute atomic E-state index is 0.101. The first-order chi connectivity index (χ1) is 15.8. The number of para-hydroxylation sites is 1. The van der Waals surface area contributed by atoms with Crippen molar-refractivity contribution in [3.05, 3.63) is 65.5 Å². The zero-order chi connectivity index (χ0) is 23.8. The zero-order valence-corrected chi connectivity index (χ0v) is 18.9. The first-order valence-electron chi connectivity index (χ1n) is 10.9. The molecule has 0 radical (unpaired) electrons. The van der Waals surface area contributed by atoms with Crippen LogP contribution in [0.4, 0.5) is 5.69 Å². The molecule has 0 saturated carbocycles. The summed E-state index contributed by atoms with van der Waals surface area (Å²) in [5.74, 6) is -0.829. The molecule has 3 amide bonds. The highest BCUT2D eigenvalue weighted by Crippen LogP contribution is 2.46. The maximum absolute atomic E-state index is 13.8. The van der Waals surface area contributed by atoms with E-state index in [1.165, 1.54) is 28.4 Å². The van der Waals surface area contributed by atoms with Crippen LogP contribution in [0.1, 0.15) is 42.7 Å². The minimum atomic E-state index is -0.961. The van der Waals surface area contributed by atoms with Gasteiger partial charge >= 0.3 is 6.17 Å². The second-order valence-corrected chi connectivity index (χ2v) is 9.01. The SMILES string of the molecule is [C-]#[N+][C@@H]1C[C@@]2(CN1C(=O)[C@H](CC(C)C)N(C)C(=O)c1cnccn1)C(=O)Nc1ccccc12. The van der Waals surface area contributed by atoms with E-state index in [9.17, 15) is 14.4 Å². The summed E-state index contributed by atoms with van der Waals surface area (Å²) >= 11 is 0. The molecular formula is C24H26N6O3. The molecule has 170 valence electrons. The molecule has 2 aliphatic heterocycles. The molecule has 1 N–H and O–H groups in total. The topological polar surface area (TPSA) is 99.9 Å². The van der Waals surface area contributed by atoms with Crippen LogP contribution in [0, 0.1) is 12.5 Å². The Labute approximate surface area is 192 Å². The molecule has 3 atom stereocenters. The number of hydrogen-bond acceptors (Lipinski definition) is 5. The molecular weight excluding hydrogens is 420 g/mol. The normalized spacial score (nSPS) is 22.1. The van der Waals surface area contributed by atoms with Crippen LogP contribution in [0.2, 0.25) is 0 Å². The van der Waals surface area contributed by atoms with E-state index in [4.69, 9.17) is 6.57 Å². The third kappa shape index (κ3) is 3.82. The summed E-state index contributed by atoms with van der Waals surface area (Å²) in [5, 5.41) is 2.90. The highest BCUT2D eigenvalue weighted by Gasteiger charge is 2.59. The van der Waals surface area contributed by atoms with Crippen molar-refractivity contribution in [1.29, 1.82) is 0 Å². The van der Waals surface area contributed by atoms with Gasteiger partial charge in [-0.3, -0.25) is 29.1 Å². The number of fused-ring (bicyclic) bond motifs is 2. The third-order valence-electron chi connectivity index (χ3n) is 6.44. The monoisotopic (exact) mass is 446 g/mol. The fraction of sp³-hybridized carbons (Fsp3) is 0.417. The number of carbonyl (C=O) groups is 3. The van der Waals surface area contributed by atoms with Crippen LogP contribution in [-0.2, 0) is 15.0 Å². The fourth-order valence-electron chi connectivity index (χ4n) is 4.75. The maximum atomic E-state index is 13.8. The Kier molecular flexibility index (Phi) is 5.85. The van der Waals surface area contributed by atoms with Gasteiger partial charge in [-0.05, 0) is 24.0 Å². The van der Waals surface area contributed by atoms with E-state index in [0.717, 1.165) is 5.56 Å². The Morgan fingerprint density at radius 1 is 1.33 bits per heavy atom. The van der Waals surface area contributed by atoms with Crippen molar-refractivity contribution in [2.45, 2.75) is 44.3 Å². The fourth-order valence-corrected chi connectivity index (χ4v) is 4.75. The van der Waals surface area contributed by atoms with Crippen LogP contribution < -0.4 is 5.32 Å². The smallest absolute Gasteiger partial charge is 0.302 e. The number of hydrogen-bond donors (Lipinski definition) is 1. The van der Waals surface area contributed by atoms with Gasteiger partial charge in [-0.2, -0.15) is 0 Å². The van der Waals surface area contributed by atoms with Gasteiger partial charge in [0.25, 0.3) is 11.8 Å². The van der Waals surface area contributed by atoms with Crippen LogP contribution in [0.5, 0.6) is 0 Å². The predicted octanol–water partition coefficient (Wildman–Crippen LogP) is 2.33. The molecule has 0 unspecified atom stereocenters. The van der Waals surface area contributed by atoms with E-state index in [1.807, 2.05) is 38.1 Å². The van der Waals surface area contributed by atoms with Gasteiger partial charge in [0.15, 0.2) is 0 Å². The Morgan fingerprint density at radius 2 is 2.09 bits per heavy atom. The number of rotatable bonds is 5. The Balaban J connectivity index is 1.66. The number of likely N-dealkylation sites (N-methyl/N-ethyl adjacent to an activating group) is 1. The molecule has 1 saturated heterocycles. The van der Waals surface area contributed by atoms with E-state index in [-0.39, 0.29) is 36.4 Å². The lowest BCUT2D eigenvalue weighted by atomic mass is 9.80. The molecule has 1 fully saturated rings. The van der Waals surface area contributed by atoms with Crippen LogP contribution in [0.15, 0.2) is 42.9 Å². The Morgan fingerprint density at radius 3 is 2.76 bits per heavy atom. The second-order valence-electron chi connectivity index (χ2n) is 9.01. The van der Waals surface area contributed by atoms with Gasteiger partial charge < -0.3 is 10.2 Å². The highest BCUT2D eigenvalue weighted by molar-refractivity contribution is 6.07. The average molecular weight is 447 g/mol. The van der Waals surface area contributed by atoms with Gasteiger partial charge in [0.05, 0.1) is 12.6 Å². The van der Waals surface area contributed by atoms with Crippen molar-refractivity contribution in [2.24, 2.45) is 5.92 Å². The molecule has 9 nitrogen and oxygen atoms in total. The van der Waals surface area contributed by atoms with Gasteiger partial charge in [0.2, 0.25) is 5.91 Å². The summed E-state index contributed by atoms with van der Waals surface area (Å²) in [6, 6.07) is 6.60. The van der Waals surface area contributed by atoms with E-state index in [1.54, 1.807) is 7.05 Å². The molecule has 1 spiro atoms. The van der Waals surface area contributed by atoms with Crippen LogP contribution in [0.25, 0.3) is 4.85 Å². The molecule has 1 aromatic heterocycles. The van der Waals surface area contributed by atoms with E-state index < -0.39 is 23.5 Å². The van der Waals surface area contributed by atoms with E-state index in [0.29, 0.717) is 12.1 Å². The summed E-state index contributed by atoms with van der Waals surface area (Å²) in [5.41, 5.74) is 0.708. The maximum Gasteiger partial charge on any atom is 0.302 e. The molecule has 1 aromatic carbocycles. The third-order valence-corrected chi connectivity index (χ3v) is 6.44. The second kappa shape index (κ2) is 8.62. The lowest BCUT2D eigenvalue weighted by Gasteiger charge is -2.32. The van der Waals surface area contributed by atoms with Crippen molar-refractivity contribution in [3.63, 3.8) is 0 Å². The summed E-state index contributed by atoms with van der Waals surface area (Å²) in [6.45, 7) is 11.8. The molecule has 3 heterocycles. The Hall–Kier alpha value is -3.80. The summed E-state index contributed by atoms with van der Waals surface area (Å²) in [4.78, 5) is 54.4. The Bertz CT molecular complexity index is 1130. The number of carbonyl (C=O) groups excluding carboxylic acids is 3. The molecule has 2 aliphatic rings. The zero-order valence-electron chi connectivity index (χ0n) is 18.9. The number of likely N-dealkylation sites (tertiary alicyclic amines) is 1. The average Bonchev–Trinajstić information content (AvgIpc) is 3.35. The number of nitrogens with zero attached hydrogens (tertiary/aromatic N) is 5. The van der Waals surface area contributed by atoms with Crippen LogP contribution in [0.3, 0.4) is 0 Å². The van der Waals surface area contributed by atoms with Crippen molar-refractivity contribution < 1.29 is 14.4 Å². The van der Waals surface area contributed by atoms with Crippen LogP contribution in [-0.4, -0.2) is 63.3 Å². The summed E-state index contributed by atoms with van der Waals surface area (Å²) in [7, 11) is 1.57. The van der Waals surface area contributed by atoms with Crippen molar-refractivity contribution in [1.82, 2.24) is 19.8 Å². The van der Waals surface area contributed by atoms with Crippen molar-refractivity contribution in [2.75, 3.05) is 18.9 Å². The molecule has 33 heavy (non-hydrogen) atoms. The highest BCUT2D eigenvalue weighted by atomic mass is 16.2. The first kappa shape index (κ1) is 22.4. The first-order valence-corrected chi connectivity index (χ1v) is 10.9. The largest absolute Gasteiger partial charge is 0.328 e. The standard InChI is InChI=1S/C24H26N6O3/c1-15(2)11-19(29(4)21(31)18-13-26-9-10-27-18)22(32)30-14-24(12-20(30)25-3)16-7-5-6-8-17(16)28-23(24)33/h5-10,13,15,19-20H,11-12,14H2,1-2,4H3,(H,28,33)/t19-,20-,24-/m0/s1. The lowest BCUT2D eigenvalue weighted by Crippen LogP contribution is -2.51. The molecule has 2 aromatic rings. The molecule has 0 aliphatic carbocycles. The molecule has 4 rings (SSSR count). The number of aromatic nitrogens is 2. The minimum Gasteiger partial charge on any atom is -0.328 e. The number of amides is 3. The van der Waals surface area contributed by atoms with Gasteiger partial charge in [0.1, 0.15) is 17.2 Å². The predicted molar refractivity (Wildman–Crippen MR) is 121 cm³/mol. The number of benzene rings is 1. The van der Waals surface area contributed by atoms with Crippen LogP contribution >= 0.6 is 0 Å². The lowest BCUT2D eigenvalue weighted by molar-refractivity contribution is -0.136. The number of nitrogens with one attached hydrogen (secondary N) is 1. The van der Waals surface area contributed by atoms with E-state index >= 15 is 0 Å². The van der Waals surface area contributed by atoms with Crippen molar-refractivity contribution >= 4 is 23.4 Å².